The van der Waals surface area contributed by atoms with E-state index in [9.17, 15) is 14.4 Å². The number of amides is 2. The summed E-state index contributed by atoms with van der Waals surface area (Å²) in [6.45, 7) is 1.25. The standard InChI is InChI=1S/C22H19BrN2O5/c1-12-16-10-13(23)6-9-18(16)30-20(12)22(28)29-11-19(26)25-17-5-3-2-4-15(17)21(27)24-14-7-8-14/h2-6,9-10,14H,7-8,11H2,1H3,(H,24,27)(H,25,26). The predicted octanol–water partition coefficient (Wildman–Crippen LogP) is 4.19. The van der Waals surface area contributed by atoms with Crippen LogP contribution in [0, 0.1) is 6.92 Å². The highest BCUT2D eigenvalue weighted by Crippen LogP contribution is 2.28. The van der Waals surface area contributed by atoms with Gasteiger partial charge in [-0.25, -0.2) is 4.79 Å². The summed E-state index contributed by atoms with van der Waals surface area (Å²) < 4.78 is 11.6. The van der Waals surface area contributed by atoms with Gasteiger partial charge in [0, 0.05) is 21.5 Å². The molecular weight excluding hydrogens is 452 g/mol. The van der Waals surface area contributed by atoms with E-state index in [1.54, 1.807) is 37.3 Å². The number of hydrogen-bond donors (Lipinski definition) is 2. The highest BCUT2D eigenvalue weighted by atomic mass is 79.9. The molecule has 0 unspecified atom stereocenters. The number of anilines is 1. The molecule has 0 bridgehead atoms. The first-order valence-corrected chi connectivity index (χ1v) is 10.3. The van der Waals surface area contributed by atoms with Crippen LogP contribution in [-0.4, -0.2) is 30.4 Å². The molecule has 0 aliphatic heterocycles. The maximum absolute atomic E-state index is 12.4. The van der Waals surface area contributed by atoms with E-state index in [0.717, 1.165) is 22.7 Å². The van der Waals surface area contributed by atoms with Crippen molar-refractivity contribution in [2.45, 2.75) is 25.8 Å². The second kappa shape index (κ2) is 8.31. The number of furan rings is 1. The highest BCUT2D eigenvalue weighted by Gasteiger charge is 2.25. The third kappa shape index (κ3) is 4.38. The first-order valence-electron chi connectivity index (χ1n) is 9.48. The van der Waals surface area contributed by atoms with E-state index < -0.39 is 18.5 Å². The molecule has 7 nitrogen and oxygen atoms in total. The Hall–Kier alpha value is -3.13. The fourth-order valence-corrected chi connectivity index (χ4v) is 3.41. The van der Waals surface area contributed by atoms with Crippen LogP contribution in [0.2, 0.25) is 0 Å². The van der Waals surface area contributed by atoms with Crippen molar-refractivity contribution in [3.63, 3.8) is 0 Å². The lowest BCUT2D eigenvalue weighted by atomic mass is 10.1. The number of carbonyl (C=O) groups is 3. The van der Waals surface area contributed by atoms with Gasteiger partial charge in [0.15, 0.2) is 6.61 Å². The van der Waals surface area contributed by atoms with Crippen LogP contribution < -0.4 is 10.6 Å². The zero-order valence-corrected chi connectivity index (χ0v) is 17.7. The molecule has 8 heteroatoms. The Morgan fingerprint density at radius 3 is 2.70 bits per heavy atom. The summed E-state index contributed by atoms with van der Waals surface area (Å²) in [6.07, 6.45) is 1.93. The van der Waals surface area contributed by atoms with E-state index in [1.807, 2.05) is 12.1 Å². The number of halogens is 1. The maximum atomic E-state index is 12.4. The molecule has 1 aromatic heterocycles. The average molecular weight is 471 g/mol. The summed E-state index contributed by atoms with van der Waals surface area (Å²) in [5.41, 5.74) is 1.92. The van der Waals surface area contributed by atoms with Crippen LogP contribution in [0.4, 0.5) is 5.69 Å². The smallest absolute Gasteiger partial charge is 0.375 e. The lowest BCUT2D eigenvalue weighted by Crippen LogP contribution is -2.28. The molecule has 1 fully saturated rings. The summed E-state index contributed by atoms with van der Waals surface area (Å²) in [5.74, 6) is -1.46. The summed E-state index contributed by atoms with van der Waals surface area (Å²) in [6, 6.07) is 12.3. The van der Waals surface area contributed by atoms with Crippen molar-refractivity contribution in [3.05, 3.63) is 63.8 Å². The molecule has 2 N–H and O–H groups in total. The van der Waals surface area contributed by atoms with Crippen LogP contribution in [-0.2, 0) is 9.53 Å². The second-order valence-corrected chi connectivity index (χ2v) is 8.03. The third-order valence-electron chi connectivity index (χ3n) is 4.78. The van der Waals surface area contributed by atoms with Gasteiger partial charge in [0.05, 0.1) is 11.3 Å². The molecule has 1 aliphatic carbocycles. The maximum Gasteiger partial charge on any atom is 0.375 e. The molecule has 4 rings (SSSR count). The largest absolute Gasteiger partial charge is 0.450 e. The molecule has 1 saturated carbocycles. The van der Waals surface area contributed by atoms with E-state index in [-0.39, 0.29) is 17.7 Å². The average Bonchev–Trinajstić information content (AvgIpc) is 3.49. The van der Waals surface area contributed by atoms with Crippen molar-refractivity contribution in [2.24, 2.45) is 0 Å². The van der Waals surface area contributed by atoms with Crippen molar-refractivity contribution in [1.82, 2.24) is 5.32 Å². The van der Waals surface area contributed by atoms with Crippen molar-refractivity contribution >= 4 is 50.4 Å². The molecule has 2 aromatic carbocycles. The molecule has 3 aromatic rings. The fraction of sp³-hybridized carbons (Fsp3) is 0.227. The van der Waals surface area contributed by atoms with Gasteiger partial charge >= 0.3 is 5.97 Å². The number of fused-ring (bicyclic) bond motifs is 1. The van der Waals surface area contributed by atoms with Gasteiger partial charge in [-0.2, -0.15) is 0 Å². The molecule has 0 atom stereocenters. The molecular formula is C22H19BrN2O5. The Labute approximate surface area is 180 Å². The van der Waals surface area contributed by atoms with Gasteiger partial charge in [0.1, 0.15) is 5.58 Å². The van der Waals surface area contributed by atoms with E-state index in [0.29, 0.717) is 22.4 Å². The number of hydrogen-bond acceptors (Lipinski definition) is 5. The van der Waals surface area contributed by atoms with Gasteiger partial charge in [-0.3, -0.25) is 9.59 Å². The summed E-state index contributed by atoms with van der Waals surface area (Å²) in [4.78, 5) is 37.0. The normalized spacial score (nSPS) is 13.1. The Bertz CT molecular complexity index is 1150. The summed E-state index contributed by atoms with van der Waals surface area (Å²) in [5, 5.41) is 6.30. The SMILES string of the molecule is Cc1c(C(=O)OCC(=O)Nc2ccccc2C(=O)NC2CC2)oc2ccc(Br)cc12. The number of para-hydroxylation sites is 1. The monoisotopic (exact) mass is 470 g/mol. The zero-order chi connectivity index (χ0) is 21.3. The quantitative estimate of drug-likeness (QED) is 0.526. The lowest BCUT2D eigenvalue weighted by molar-refractivity contribution is -0.119. The van der Waals surface area contributed by atoms with Gasteiger partial charge < -0.3 is 19.8 Å². The molecule has 30 heavy (non-hydrogen) atoms. The van der Waals surface area contributed by atoms with Gasteiger partial charge in [-0.1, -0.05) is 28.1 Å². The Morgan fingerprint density at radius 1 is 1.17 bits per heavy atom. The predicted molar refractivity (Wildman–Crippen MR) is 114 cm³/mol. The lowest BCUT2D eigenvalue weighted by Gasteiger charge is -2.11. The van der Waals surface area contributed by atoms with Crippen molar-refractivity contribution in [1.29, 1.82) is 0 Å². The molecule has 1 heterocycles. The van der Waals surface area contributed by atoms with Crippen molar-refractivity contribution in [2.75, 3.05) is 11.9 Å². The van der Waals surface area contributed by atoms with Gasteiger partial charge in [0.2, 0.25) is 5.76 Å². The summed E-state index contributed by atoms with van der Waals surface area (Å²) >= 11 is 3.39. The number of carbonyl (C=O) groups excluding carboxylic acids is 3. The minimum atomic E-state index is -0.727. The van der Waals surface area contributed by atoms with Gasteiger partial charge in [-0.05, 0) is 50.1 Å². The molecule has 0 spiro atoms. The highest BCUT2D eigenvalue weighted by molar-refractivity contribution is 9.10. The molecule has 0 saturated heterocycles. The minimum absolute atomic E-state index is 0.0557. The van der Waals surface area contributed by atoms with E-state index in [4.69, 9.17) is 9.15 Å². The van der Waals surface area contributed by atoms with E-state index in [2.05, 4.69) is 26.6 Å². The Kier molecular flexibility index (Phi) is 5.59. The number of benzene rings is 2. The molecule has 154 valence electrons. The van der Waals surface area contributed by atoms with Crippen LogP contribution in [0.15, 0.2) is 51.4 Å². The van der Waals surface area contributed by atoms with Gasteiger partial charge in [0.25, 0.3) is 11.8 Å². The van der Waals surface area contributed by atoms with Crippen molar-refractivity contribution < 1.29 is 23.5 Å². The van der Waals surface area contributed by atoms with Crippen LogP contribution in [0.5, 0.6) is 0 Å². The Morgan fingerprint density at radius 2 is 1.93 bits per heavy atom. The number of aryl methyl sites for hydroxylation is 1. The number of rotatable bonds is 6. The van der Waals surface area contributed by atoms with Crippen molar-refractivity contribution in [3.8, 4) is 0 Å². The minimum Gasteiger partial charge on any atom is -0.450 e. The Balaban J connectivity index is 1.40. The topological polar surface area (TPSA) is 97.6 Å². The van der Waals surface area contributed by atoms with Crippen LogP contribution in [0.3, 0.4) is 0 Å². The summed E-state index contributed by atoms with van der Waals surface area (Å²) in [7, 11) is 0. The van der Waals surface area contributed by atoms with Crippen LogP contribution in [0.25, 0.3) is 11.0 Å². The molecule has 0 radical (unpaired) electrons. The van der Waals surface area contributed by atoms with Crippen LogP contribution >= 0.6 is 15.9 Å². The number of nitrogens with one attached hydrogen (secondary N) is 2. The third-order valence-corrected chi connectivity index (χ3v) is 5.27. The first kappa shape index (κ1) is 20.2. The molecule has 1 aliphatic rings. The van der Waals surface area contributed by atoms with E-state index in [1.165, 1.54) is 0 Å². The van der Waals surface area contributed by atoms with Crippen LogP contribution in [0.1, 0.15) is 39.3 Å². The van der Waals surface area contributed by atoms with Gasteiger partial charge in [-0.15, -0.1) is 0 Å². The number of esters is 1. The molecule has 2 amide bonds. The van der Waals surface area contributed by atoms with E-state index >= 15 is 0 Å². The first-order chi connectivity index (χ1) is 14.4. The zero-order valence-electron chi connectivity index (χ0n) is 16.2. The fourth-order valence-electron chi connectivity index (χ4n) is 3.05. The number of ether oxygens (including phenoxy) is 1. The second-order valence-electron chi connectivity index (χ2n) is 7.11.